The van der Waals surface area contributed by atoms with Crippen LogP contribution in [0.1, 0.15) is 30.4 Å². The summed E-state index contributed by atoms with van der Waals surface area (Å²) in [7, 11) is 1.61. The first-order chi connectivity index (χ1) is 17.7. The number of rotatable bonds is 6. The molecule has 0 unspecified atom stereocenters. The van der Waals surface area contributed by atoms with Crippen LogP contribution in [0.15, 0.2) is 78.9 Å². The highest BCUT2D eigenvalue weighted by molar-refractivity contribution is 5.78. The summed E-state index contributed by atoms with van der Waals surface area (Å²) in [6.45, 7) is 3.04. The summed E-state index contributed by atoms with van der Waals surface area (Å²) in [5, 5.41) is 3.65. The summed E-state index contributed by atoms with van der Waals surface area (Å²) in [4.78, 5) is 18.2. The molecule has 6 heteroatoms. The second kappa shape index (κ2) is 11.5. The molecule has 1 saturated heterocycles. The highest BCUT2D eigenvalue weighted by Crippen LogP contribution is 2.31. The van der Waals surface area contributed by atoms with E-state index in [2.05, 4.69) is 58.7 Å². The second-order valence-corrected chi connectivity index (χ2v) is 9.63. The van der Waals surface area contributed by atoms with Crippen molar-refractivity contribution in [2.75, 3.05) is 32.1 Å². The van der Waals surface area contributed by atoms with Gasteiger partial charge in [0, 0.05) is 44.0 Å². The molecule has 2 bridgehead atoms. The van der Waals surface area contributed by atoms with Crippen LogP contribution in [-0.2, 0) is 17.9 Å². The van der Waals surface area contributed by atoms with Crippen molar-refractivity contribution in [1.82, 2.24) is 9.80 Å². The van der Waals surface area contributed by atoms with Crippen molar-refractivity contribution in [3.05, 3.63) is 90.0 Å². The predicted octanol–water partition coefficient (Wildman–Crippen LogP) is 4.95. The van der Waals surface area contributed by atoms with E-state index >= 15 is 0 Å². The lowest BCUT2D eigenvalue weighted by molar-refractivity contribution is -0.134. The fourth-order valence-corrected chi connectivity index (χ4v) is 5.46. The third kappa shape index (κ3) is 5.65. The molecule has 1 fully saturated rings. The summed E-state index contributed by atoms with van der Waals surface area (Å²) in [5.74, 6) is 1.20. The fourth-order valence-electron chi connectivity index (χ4n) is 5.46. The van der Waals surface area contributed by atoms with Crippen molar-refractivity contribution in [3.8, 4) is 11.5 Å². The van der Waals surface area contributed by atoms with Crippen LogP contribution in [0.25, 0.3) is 0 Å². The third-order valence-electron chi connectivity index (χ3n) is 7.35. The molecule has 0 spiro atoms. The van der Waals surface area contributed by atoms with Gasteiger partial charge < -0.3 is 19.7 Å². The molecule has 1 amide bonds. The van der Waals surface area contributed by atoms with Crippen molar-refractivity contribution >= 4 is 11.6 Å². The van der Waals surface area contributed by atoms with Crippen molar-refractivity contribution in [1.29, 1.82) is 0 Å². The van der Waals surface area contributed by atoms with Gasteiger partial charge in [-0.2, -0.15) is 0 Å². The van der Waals surface area contributed by atoms with Crippen LogP contribution in [0.5, 0.6) is 11.5 Å². The molecule has 188 valence electrons. The molecular formula is C30H35N3O3. The van der Waals surface area contributed by atoms with Crippen molar-refractivity contribution in [2.24, 2.45) is 0 Å². The van der Waals surface area contributed by atoms with Gasteiger partial charge in [-0.3, -0.25) is 9.69 Å². The van der Waals surface area contributed by atoms with Crippen LogP contribution in [0.3, 0.4) is 0 Å². The largest absolute Gasteiger partial charge is 0.493 e. The number of ether oxygens (including phenoxy) is 2. The maximum Gasteiger partial charge on any atom is 0.260 e. The Morgan fingerprint density at radius 1 is 0.889 bits per heavy atom. The molecule has 2 aliphatic heterocycles. The highest BCUT2D eigenvalue weighted by atomic mass is 16.5. The van der Waals surface area contributed by atoms with E-state index in [0.717, 1.165) is 43.6 Å². The Bertz CT molecular complexity index is 1150. The standard InChI is InChI=1S/C30H35N3O3/c1-35-28-13-7-8-14-29(28)36-22-30(34)32-20-24-11-5-6-12-27(24)31-18-17-25-15-16-26(21-32)33(25)19-23-9-3-2-4-10-23/h2-14,25-26,31H,15-22H2,1H3/t25-,26+/m0/s1. The zero-order chi connectivity index (χ0) is 24.7. The number of carbonyl (C=O) groups excluding carboxylic acids is 1. The molecule has 36 heavy (non-hydrogen) atoms. The molecule has 0 aromatic heterocycles. The van der Waals surface area contributed by atoms with Gasteiger partial charge in [0.1, 0.15) is 0 Å². The first-order valence-electron chi connectivity index (χ1n) is 12.9. The van der Waals surface area contributed by atoms with E-state index in [1.54, 1.807) is 7.11 Å². The topological polar surface area (TPSA) is 54.0 Å². The normalized spacial score (nSPS) is 20.1. The van der Waals surface area contributed by atoms with E-state index in [1.165, 1.54) is 5.56 Å². The van der Waals surface area contributed by atoms with Gasteiger partial charge in [-0.05, 0) is 48.6 Å². The van der Waals surface area contributed by atoms with Crippen LogP contribution in [0, 0.1) is 0 Å². The molecule has 2 aliphatic rings. The number of nitrogens with one attached hydrogen (secondary N) is 1. The van der Waals surface area contributed by atoms with Gasteiger partial charge in [0.2, 0.25) is 0 Å². The Labute approximate surface area is 213 Å². The van der Waals surface area contributed by atoms with Gasteiger partial charge in [0.15, 0.2) is 18.1 Å². The molecule has 0 radical (unpaired) electrons. The number of methoxy groups -OCH3 is 1. The third-order valence-corrected chi connectivity index (χ3v) is 7.35. The lowest BCUT2D eigenvalue weighted by Crippen LogP contribution is -2.46. The molecule has 5 rings (SSSR count). The first kappa shape index (κ1) is 24.2. The molecule has 1 N–H and O–H groups in total. The number of hydrogen-bond donors (Lipinski definition) is 1. The minimum absolute atomic E-state index is 0.0157. The Hall–Kier alpha value is -3.51. The maximum absolute atomic E-state index is 13.6. The van der Waals surface area contributed by atoms with E-state index in [9.17, 15) is 4.79 Å². The van der Waals surface area contributed by atoms with Crippen molar-refractivity contribution in [2.45, 2.75) is 44.4 Å². The quantitative estimate of drug-likeness (QED) is 0.535. The Kier molecular flexibility index (Phi) is 7.72. The zero-order valence-electron chi connectivity index (χ0n) is 20.9. The van der Waals surface area contributed by atoms with Crippen LogP contribution >= 0.6 is 0 Å². The van der Waals surface area contributed by atoms with Crippen LogP contribution in [0.2, 0.25) is 0 Å². The SMILES string of the molecule is COc1ccccc1OCC(=O)N1Cc2ccccc2NCC[C@@H]2CC[C@H](C1)N2Cc1ccccc1. The van der Waals surface area contributed by atoms with Crippen molar-refractivity contribution < 1.29 is 14.3 Å². The minimum atomic E-state index is -0.0230. The monoisotopic (exact) mass is 485 g/mol. The van der Waals surface area contributed by atoms with Gasteiger partial charge in [0.25, 0.3) is 5.91 Å². The number of fused-ring (bicyclic) bond motifs is 3. The number of amides is 1. The van der Waals surface area contributed by atoms with E-state index in [1.807, 2.05) is 35.2 Å². The Balaban J connectivity index is 1.38. The van der Waals surface area contributed by atoms with Crippen LogP contribution in [-0.4, -0.2) is 54.6 Å². The lowest BCUT2D eigenvalue weighted by Gasteiger charge is -2.34. The van der Waals surface area contributed by atoms with Crippen LogP contribution < -0.4 is 14.8 Å². The van der Waals surface area contributed by atoms with Crippen molar-refractivity contribution in [3.63, 3.8) is 0 Å². The maximum atomic E-state index is 13.6. The lowest BCUT2D eigenvalue weighted by atomic mass is 10.1. The highest BCUT2D eigenvalue weighted by Gasteiger charge is 2.35. The average Bonchev–Trinajstić information content (AvgIpc) is 3.27. The summed E-state index contributed by atoms with van der Waals surface area (Å²) in [5.41, 5.74) is 3.56. The molecule has 2 atom stereocenters. The van der Waals surface area contributed by atoms with E-state index in [4.69, 9.17) is 9.47 Å². The van der Waals surface area contributed by atoms with E-state index in [-0.39, 0.29) is 12.5 Å². The molecule has 0 saturated carbocycles. The fraction of sp³-hybridized carbons (Fsp3) is 0.367. The number of hydrogen-bond acceptors (Lipinski definition) is 5. The average molecular weight is 486 g/mol. The number of anilines is 1. The molecule has 6 nitrogen and oxygen atoms in total. The summed E-state index contributed by atoms with van der Waals surface area (Å²) >= 11 is 0. The summed E-state index contributed by atoms with van der Waals surface area (Å²) in [6.07, 6.45) is 3.33. The molecule has 3 aromatic rings. The first-order valence-corrected chi connectivity index (χ1v) is 12.9. The molecule has 2 heterocycles. The Morgan fingerprint density at radius 2 is 1.61 bits per heavy atom. The second-order valence-electron chi connectivity index (χ2n) is 9.63. The summed E-state index contributed by atoms with van der Waals surface area (Å²) in [6, 6.07) is 27.3. The van der Waals surface area contributed by atoms with Gasteiger partial charge in [0.05, 0.1) is 7.11 Å². The minimum Gasteiger partial charge on any atom is -0.493 e. The van der Waals surface area contributed by atoms with E-state index < -0.39 is 0 Å². The Morgan fingerprint density at radius 3 is 2.44 bits per heavy atom. The molecular weight excluding hydrogens is 450 g/mol. The van der Waals surface area contributed by atoms with Gasteiger partial charge in [-0.1, -0.05) is 60.7 Å². The van der Waals surface area contributed by atoms with Gasteiger partial charge in [-0.25, -0.2) is 0 Å². The molecule has 3 aromatic carbocycles. The van der Waals surface area contributed by atoms with E-state index in [0.29, 0.717) is 36.7 Å². The predicted molar refractivity (Wildman–Crippen MR) is 142 cm³/mol. The number of benzene rings is 3. The number of carbonyl (C=O) groups is 1. The molecule has 0 aliphatic carbocycles. The number of para-hydroxylation sites is 3. The van der Waals surface area contributed by atoms with Gasteiger partial charge in [-0.15, -0.1) is 0 Å². The summed E-state index contributed by atoms with van der Waals surface area (Å²) < 4.78 is 11.3. The smallest absolute Gasteiger partial charge is 0.260 e. The van der Waals surface area contributed by atoms with Crippen LogP contribution in [0.4, 0.5) is 5.69 Å². The van der Waals surface area contributed by atoms with Gasteiger partial charge >= 0.3 is 0 Å². The zero-order valence-corrected chi connectivity index (χ0v) is 20.9. The number of nitrogens with zero attached hydrogens (tertiary/aromatic N) is 2.